The molecule has 136 valence electrons. The third-order valence-electron chi connectivity index (χ3n) is 4.48. The van der Waals surface area contributed by atoms with Gasteiger partial charge >= 0.3 is 0 Å². The SMILES string of the molecule is O=C(CN1CCN(C(=O)[C@@H]2CCCO2)CC1)Nc1cccc(Cl)c1Cl. The predicted molar refractivity (Wildman–Crippen MR) is 97.1 cm³/mol. The van der Waals surface area contributed by atoms with Crippen molar-refractivity contribution >= 4 is 40.7 Å². The molecule has 2 aliphatic heterocycles. The Kier molecular flexibility index (Phi) is 6.17. The van der Waals surface area contributed by atoms with Crippen LogP contribution in [0.1, 0.15) is 12.8 Å². The minimum absolute atomic E-state index is 0.0762. The third-order valence-corrected chi connectivity index (χ3v) is 5.30. The molecule has 0 aromatic heterocycles. The zero-order chi connectivity index (χ0) is 17.8. The molecule has 0 unspecified atom stereocenters. The lowest BCUT2D eigenvalue weighted by atomic mass is 10.2. The molecule has 25 heavy (non-hydrogen) atoms. The van der Waals surface area contributed by atoms with E-state index in [1.165, 1.54) is 0 Å². The van der Waals surface area contributed by atoms with Gasteiger partial charge < -0.3 is 15.0 Å². The largest absolute Gasteiger partial charge is 0.368 e. The zero-order valence-electron chi connectivity index (χ0n) is 13.8. The number of amides is 2. The molecule has 2 saturated heterocycles. The maximum absolute atomic E-state index is 12.3. The molecule has 1 atom stereocenters. The van der Waals surface area contributed by atoms with Crippen molar-refractivity contribution in [1.29, 1.82) is 0 Å². The van der Waals surface area contributed by atoms with Crippen LogP contribution in [0.5, 0.6) is 0 Å². The number of carbonyl (C=O) groups is 2. The van der Waals surface area contributed by atoms with E-state index in [1.807, 2.05) is 9.80 Å². The van der Waals surface area contributed by atoms with E-state index >= 15 is 0 Å². The van der Waals surface area contributed by atoms with E-state index in [9.17, 15) is 9.59 Å². The topological polar surface area (TPSA) is 61.9 Å². The normalized spacial score (nSPS) is 21.4. The molecule has 6 nitrogen and oxygen atoms in total. The van der Waals surface area contributed by atoms with Crippen molar-refractivity contribution in [2.75, 3.05) is 44.6 Å². The number of benzene rings is 1. The van der Waals surface area contributed by atoms with Crippen molar-refractivity contribution in [3.63, 3.8) is 0 Å². The first kappa shape index (κ1) is 18.5. The molecular weight excluding hydrogens is 365 g/mol. The van der Waals surface area contributed by atoms with Gasteiger partial charge in [-0.15, -0.1) is 0 Å². The molecule has 8 heteroatoms. The number of halogens is 2. The molecule has 2 amide bonds. The molecule has 0 aliphatic carbocycles. The molecule has 1 aromatic carbocycles. The summed E-state index contributed by atoms with van der Waals surface area (Å²) in [5, 5.41) is 3.52. The second kappa shape index (κ2) is 8.36. The highest BCUT2D eigenvalue weighted by atomic mass is 35.5. The first-order valence-electron chi connectivity index (χ1n) is 8.41. The Morgan fingerprint density at radius 3 is 2.64 bits per heavy atom. The number of anilines is 1. The van der Waals surface area contributed by atoms with Gasteiger partial charge in [-0.1, -0.05) is 29.3 Å². The highest BCUT2D eigenvalue weighted by Gasteiger charge is 2.30. The lowest BCUT2D eigenvalue weighted by Crippen LogP contribution is -2.52. The van der Waals surface area contributed by atoms with E-state index in [-0.39, 0.29) is 24.5 Å². The average molecular weight is 386 g/mol. The maximum atomic E-state index is 12.3. The van der Waals surface area contributed by atoms with Crippen LogP contribution in [0.15, 0.2) is 18.2 Å². The number of nitrogens with one attached hydrogen (secondary N) is 1. The monoisotopic (exact) mass is 385 g/mol. The second-order valence-electron chi connectivity index (χ2n) is 6.25. The van der Waals surface area contributed by atoms with Crippen molar-refractivity contribution in [2.45, 2.75) is 18.9 Å². The fraction of sp³-hybridized carbons (Fsp3) is 0.529. The molecule has 0 bridgehead atoms. The fourth-order valence-corrected chi connectivity index (χ4v) is 3.44. The molecule has 1 N–H and O–H groups in total. The van der Waals surface area contributed by atoms with Crippen molar-refractivity contribution < 1.29 is 14.3 Å². The Hall–Kier alpha value is -1.34. The molecule has 0 saturated carbocycles. The summed E-state index contributed by atoms with van der Waals surface area (Å²) in [5.41, 5.74) is 0.506. The highest BCUT2D eigenvalue weighted by Crippen LogP contribution is 2.29. The molecule has 2 heterocycles. The number of carbonyl (C=O) groups excluding carboxylic acids is 2. The summed E-state index contributed by atoms with van der Waals surface area (Å²) in [7, 11) is 0. The number of rotatable bonds is 4. The minimum atomic E-state index is -0.278. The van der Waals surface area contributed by atoms with Gasteiger partial charge in [-0.05, 0) is 25.0 Å². The Bertz CT molecular complexity index is 642. The summed E-state index contributed by atoms with van der Waals surface area (Å²) in [5.74, 6) is -0.0737. The van der Waals surface area contributed by atoms with E-state index in [0.29, 0.717) is 48.5 Å². The summed E-state index contributed by atoms with van der Waals surface area (Å²) < 4.78 is 5.45. The summed E-state index contributed by atoms with van der Waals surface area (Å²) in [6, 6.07) is 5.12. The quantitative estimate of drug-likeness (QED) is 0.863. The minimum Gasteiger partial charge on any atom is -0.368 e. The van der Waals surface area contributed by atoms with Crippen molar-refractivity contribution in [3.05, 3.63) is 28.2 Å². The van der Waals surface area contributed by atoms with Crippen LogP contribution in [0.3, 0.4) is 0 Å². The van der Waals surface area contributed by atoms with Crippen LogP contribution in [-0.2, 0) is 14.3 Å². The van der Waals surface area contributed by atoms with Crippen LogP contribution >= 0.6 is 23.2 Å². The van der Waals surface area contributed by atoms with E-state index in [4.69, 9.17) is 27.9 Å². The molecular formula is C17H21Cl2N3O3. The second-order valence-corrected chi connectivity index (χ2v) is 7.04. The van der Waals surface area contributed by atoms with Crippen LogP contribution in [0, 0.1) is 0 Å². The molecule has 2 fully saturated rings. The lowest BCUT2D eigenvalue weighted by molar-refractivity contribution is -0.142. The van der Waals surface area contributed by atoms with E-state index in [0.717, 1.165) is 12.8 Å². The van der Waals surface area contributed by atoms with Gasteiger partial charge in [0, 0.05) is 32.8 Å². The number of hydrogen-bond acceptors (Lipinski definition) is 4. The van der Waals surface area contributed by atoms with Gasteiger partial charge in [-0.2, -0.15) is 0 Å². The molecule has 1 aromatic rings. The van der Waals surface area contributed by atoms with Gasteiger partial charge in [0.05, 0.1) is 22.3 Å². The van der Waals surface area contributed by atoms with Gasteiger partial charge in [0.1, 0.15) is 6.10 Å². The average Bonchev–Trinajstić information content (AvgIpc) is 3.13. The van der Waals surface area contributed by atoms with Crippen molar-refractivity contribution in [2.24, 2.45) is 0 Å². The lowest BCUT2D eigenvalue weighted by Gasteiger charge is -2.35. The summed E-state index contributed by atoms with van der Waals surface area (Å²) >= 11 is 12.0. The Labute approximate surface area is 157 Å². The molecule has 0 radical (unpaired) electrons. The number of ether oxygens (including phenoxy) is 1. The first-order valence-corrected chi connectivity index (χ1v) is 9.17. The third kappa shape index (κ3) is 4.64. The Balaban J connectivity index is 1.46. The van der Waals surface area contributed by atoms with E-state index < -0.39 is 0 Å². The Morgan fingerprint density at radius 2 is 1.96 bits per heavy atom. The maximum Gasteiger partial charge on any atom is 0.251 e. The first-order chi connectivity index (χ1) is 12.0. The van der Waals surface area contributed by atoms with Gasteiger partial charge in [-0.3, -0.25) is 14.5 Å². The zero-order valence-corrected chi connectivity index (χ0v) is 15.4. The molecule has 3 rings (SSSR count). The molecule has 0 spiro atoms. The van der Waals surface area contributed by atoms with Crippen LogP contribution in [-0.4, -0.2) is 67.0 Å². The van der Waals surface area contributed by atoms with E-state index in [2.05, 4.69) is 5.32 Å². The summed E-state index contributed by atoms with van der Waals surface area (Å²) in [4.78, 5) is 28.4. The highest BCUT2D eigenvalue weighted by molar-refractivity contribution is 6.44. The van der Waals surface area contributed by atoms with Crippen LogP contribution < -0.4 is 5.32 Å². The van der Waals surface area contributed by atoms with Gasteiger partial charge in [0.15, 0.2) is 0 Å². The Morgan fingerprint density at radius 1 is 1.20 bits per heavy atom. The van der Waals surface area contributed by atoms with Crippen LogP contribution in [0.25, 0.3) is 0 Å². The predicted octanol–water partition coefficient (Wildman–Crippen LogP) is 2.26. The van der Waals surface area contributed by atoms with Crippen molar-refractivity contribution in [3.8, 4) is 0 Å². The van der Waals surface area contributed by atoms with Gasteiger partial charge in [-0.25, -0.2) is 0 Å². The number of hydrogen-bond donors (Lipinski definition) is 1. The van der Waals surface area contributed by atoms with Crippen molar-refractivity contribution in [1.82, 2.24) is 9.80 Å². The summed E-state index contributed by atoms with van der Waals surface area (Å²) in [6.45, 7) is 3.48. The number of piperazine rings is 1. The van der Waals surface area contributed by atoms with Crippen LogP contribution in [0.4, 0.5) is 5.69 Å². The van der Waals surface area contributed by atoms with E-state index in [1.54, 1.807) is 18.2 Å². The van der Waals surface area contributed by atoms with Gasteiger partial charge in [0.2, 0.25) is 5.91 Å². The standard InChI is InChI=1S/C17H21Cl2N3O3/c18-12-3-1-4-13(16(12)19)20-15(23)11-21-6-8-22(9-7-21)17(24)14-5-2-10-25-14/h1,3-4,14H,2,5-11H2,(H,20,23)/t14-/m0/s1. The van der Waals surface area contributed by atoms with Gasteiger partial charge in [0.25, 0.3) is 5.91 Å². The summed E-state index contributed by atoms with van der Waals surface area (Å²) in [6.07, 6.45) is 1.48. The number of nitrogens with zero attached hydrogens (tertiary/aromatic N) is 2. The molecule has 2 aliphatic rings. The fourth-order valence-electron chi connectivity index (χ4n) is 3.10. The van der Waals surface area contributed by atoms with Crippen LogP contribution in [0.2, 0.25) is 10.0 Å². The smallest absolute Gasteiger partial charge is 0.251 e.